The van der Waals surface area contributed by atoms with Gasteiger partial charge in [0.05, 0.1) is 43.5 Å². The third-order valence-electron chi connectivity index (χ3n) is 16.8. The molecule has 7 aliphatic rings. The Morgan fingerprint density at radius 3 is 2.11 bits per heavy atom. The standard InChI is InChI=1S/C41H66O15/c1-36(2)9-11-41(35(52)56-34-29(50)27(48)30(24(16-42)54-34)55-33-28(49)26(47)23(46)17-53-33)12-10-39(5)19(20(41)13-36)7-8-25-37(3)14-22(45)32(51)38(4,18-43)31(37)21(44)15-40(25,39)6/h7,20-34,42-51H,8-18H2,1-6H3/t20?,21-,22-,23?,24?,25?,26?,27?,28?,29?,30?,31?,32+,33?,34?,37-,38+,39-,40-,41+/m1/s1. The van der Waals surface area contributed by atoms with Crippen LogP contribution in [-0.2, 0) is 23.7 Å². The van der Waals surface area contributed by atoms with Gasteiger partial charge in [-0.3, -0.25) is 4.79 Å². The molecule has 0 spiro atoms. The molecule has 6 fully saturated rings. The lowest BCUT2D eigenvalue weighted by Gasteiger charge is -2.72. The zero-order valence-electron chi connectivity index (χ0n) is 33.5. The van der Waals surface area contributed by atoms with Crippen LogP contribution in [0.3, 0.4) is 0 Å². The van der Waals surface area contributed by atoms with Crippen molar-refractivity contribution < 1.29 is 74.8 Å². The number of aliphatic hydroxyl groups excluding tert-OH is 10. The third kappa shape index (κ3) is 6.12. The van der Waals surface area contributed by atoms with Gasteiger partial charge in [0.2, 0.25) is 6.29 Å². The minimum atomic E-state index is -1.81. The van der Waals surface area contributed by atoms with Gasteiger partial charge in [-0.05, 0) is 84.9 Å². The highest BCUT2D eigenvalue weighted by molar-refractivity contribution is 5.79. The summed E-state index contributed by atoms with van der Waals surface area (Å²) in [7, 11) is 0. The maximum atomic E-state index is 14.8. The zero-order chi connectivity index (χ0) is 41.1. The van der Waals surface area contributed by atoms with Crippen LogP contribution in [0, 0.1) is 50.2 Å². The van der Waals surface area contributed by atoms with Gasteiger partial charge in [0.1, 0.15) is 42.7 Å². The third-order valence-corrected chi connectivity index (χ3v) is 16.8. The molecule has 2 aliphatic heterocycles. The van der Waals surface area contributed by atoms with Crippen molar-refractivity contribution in [3.63, 3.8) is 0 Å². The molecule has 12 unspecified atom stereocenters. The van der Waals surface area contributed by atoms with Crippen molar-refractivity contribution in [2.45, 2.75) is 167 Å². The van der Waals surface area contributed by atoms with Crippen molar-refractivity contribution in [3.8, 4) is 0 Å². The van der Waals surface area contributed by atoms with Crippen LogP contribution in [0.2, 0.25) is 0 Å². The number of aliphatic hydroxyl groups is 10. The Kier molecular flexibility index (Phi) is 11.0. The van der Waals surface area contributed by atoms with Crippen molar-refractivity contribution in [1.29, 1.82) is 0 Å². The van der Waals surface area contributed by atoms with Gasteiger partial charge in [0, 0.05) is 11.3 Å². The van der Waals surface area contributed by atoms with Gasteiger partial charge in [0.25, 0.3) is 0 Å². The molecule has 0 aromatic rings. The lowest BCUT2D eigenvalue weighted by molar-refractivity contribution is -0.345. The molecule has 7 rings (SSSR count). The number of allylic oxidation sites excluding steroid dienone is 2. The molecule has 5 aliphatic carbocycles. The van der Waals surface area contributed by atoms with Crippen LogP contribution < -0.4 is 0 Å². The van der Waals surface area contributed by atoms with Crippen LogP contribution in [0.15, 0.2) is 11.6 Å². The van der Waals surface area contributed by atoms with Gasteiger partial charge < -0.3 is 70.0 Å². The first-order valence-corrected chi connectivity index (χ1v) is 20.6. The van der Waals surface area contributed by atoms with Crippen molar-refractivity contribution in [2.75, 3.05) is 19.8 Å². The Morgan fingerprint density at radius 1 is 0.786 bits per heavy atom. The minimum absolute atomic E-state index is 0.00691. The van der Waals surface area contributed by atoms with E-state index in [1.165, 1.54) is 0 Å². The molecule has 15 nitrogen and oxygen atoms in total. The van der Waals surface area contributed by atoms with Gasteiger partial charge >= 0.3 is 5.97 Å². The van der Waals surface area contributed by atoms with Gasteiger partial charge in [-0.2, -0.15) is 0 Å². The highest BCUT2D eigenvalue weighted by atomic mass is 16.7. The van der Waals surface area contributed by atoms with Gasteiger partial charge in [-0.15, -0.1) is 0 Å². The van der Waals surface area contributed by atoms with Crippen molar-refractivity contribution in [3.05, 3.63) is 11.6 Å². The van der Waals surface area contributed by atoms with E-state index in [4.69, 9.17) is 18.9 Å². The summed E-state index contributed by atoms with van der Waals surface area (Å²) in [6.07, 6.45) is -10.8. The maximum Gasteiger partial charge on any atom is 0.315 e. The van der Waals surface area contributed by atoms with E-state index >= 15 is 0 Å². The van der Waals surface area contributed by atoms with Crippen molar-refractivity contribution in [1.82, 2.24) is 0 Å². The van der Waals surface area contributed by atoms with Crippen LogP contribution in [-0.4, -0.2) is 150 Å². The summed E-state index contributed by atoms with van der Waals surface area (Å²) in [6.45, 7) is 11.2. The second-order valence-corrected chi connectivity index (χ2v) is 20.4. The normalized spacial score (nSPS) is 55.4. The minimum Gasteiger partial charge on any atom is -0.432 e. The Labute approximate surface area is 328 Å². The van der Waals surface area contributed by atoms with Crippen LogP contribution in [0.5, 0.6) is 0 Å². The van der Waals surface area contributed by atoms with E-state index in [1.807, 2.05) is 0 Å². The van der Waals surface area contributed by atoms with Gasteiger partial charge in [0.15, 0.2) is 6.29 Å². The summed E-state index contributed by atoms with van der Waals surface area (Å²) in [5.74, 6) is -1.30. The molecule has 2 heterocycles. The number of esters is 1. The summed E-state index contributed by atoms with van der Waals surface area (Å²) in [4.78, 5) is 14.8. The number of rotatable bonds is 6. The molecule has 2 saturated heterocycles. The monoisotopic (exact) mass is 798 g/mol. The number of fused-ring (bicyclic) bond motifs is 7. The summed E-state index contributed by atoms with van der Waals surface area (Å²) in [5.41, 5.74) is -2.66. The SMILES string of the molecule is CC1(C)CC[C@]2(C(=O)OC3OC(CO)C(OC4OCC(O)C(O)C4O)C(O)C3O)CC[C@]3(C)C(=CCC4[C@@]5(C)C[C@@H](O)[C@H](O)[C@@](C)(CO)C5[C@H](O)C[C@]43C)C2C1. The molecular formula is C41H66O15. The molecule has 0 bridgehead atoms. The Bertz CT molecular complexity index is 1520. The number of carbonyl (C=O) groups is 1. The number of hydrogen-bond donors (Lipinski definition) is 10. The van der Waals surface area contributed by atoms with E-state index in [-0.39, 0.29) is 36.9 Å². The van der Waals surface area contributed by atoms with Crippen LogP contribution in [0.4, 0.5) is 0 Å². The average Bonchev–Trinajstić information content (AvgIpc) is 3.13. The second-order valence-electron chi connectivity index (χ2n) is 20.4. The molecule has 0 amide bonds. The topological polar surface area (TPSA) is 256 Å². The molecule has 20 atom stereocenters. The highest BCUT2D eigenvalue weighted by Gasteiger charge is 2.72. The fourth-order valence-corrected chi connectivity index (χ4v) is 13.5. The molecule has 10 N–H and O–H groups in total. The molecule has 0 radical (unpaired) electrons. The molecule has 56 heavy (non-hydrogen) atoms. The molecule has 4 saturated carbocycles. The van der Waals surface area contributed by atoms with Gasteiger partial charge in [-0.1, -0.05) is 53.2 Å². The highest BCUT2D eigenvalue weighted by Crippen LogP contribution is 2.76. The number of carbonyl (C=O) groups excluding carboxylic acids is 1. The van der Waals surface area contributed by atoms with E-state index in [9.17, 15) is 55.9 Å². The average molecular weight is 799 g/mol. The maximum absolute atomic E-state index is 14.8. The molecule has 320 valence electrons. The first-order chi connectivity index (χ1) is 26.0. The van der Waals surface area contributed by atoms with E-state index in [1.54, 1.807) is 6.92 Å². The van der Waals surface area contributed by atoms with E-state index in [0.717, 1.165) is 12.0 Å². The Hall–Kier alpha value is -1.31. The predicted octanol–water partition coefficient (Wildman–Crippen LogP) is -0.131. The van der Waals surface area contributed by atoms with Crippen LogP contribution in [0.25, 0.3) is 0 Å². The van der Waals surface area contributed by atoms with E-state index in [2.05, 4.69) is 40.7 Å². The first kappa shape index (κ1) is 42.8. The zero-order valence-corrected chi connectivity index (χ0v) is 33.5. The fraction of sp³-hybridized carbons (Fsp3) is 0.927. The quantitative estimate of drug-likeness (QED) is 0.124. The largest absolute Gasteiger partial charge is 0.432 e. The molecule has 15 heteroatoms. The van der Waals surface area contributed by atoms with Gasteiger partial charge in [-0.25, -0.2) is 0 Å². The summed E-state index contributed by atoms with van der Waals surface area (Å²) >= 11 is 0. The van der Waals surface area contributed by atoms with E-state index < -0.39 is 119 Å². The Balaban J connectivity index is 1.17. The van der Waals surface area contributed by atoms with Crippen LogP contribution >= 0.6 is 0 Å². The number of hydrogen-bond acceptors (Lipinski definition) is 15. The first-order valence-electron chi connectivity index (χ1n) is 20.6. The lowest BCUT2D eigenvalue weighted by Crippen LogP contribution is -2.71. The smallest absolute Gasteiger partial charge is 0.315 e. The molecular weight excluding hydrogens is 732 g/mol. The van der Waals surface area contributed by atoms with E-state index in [0.29, 0.717) is 38.5 Å². The molecule has 0 aromatic carbocycles. The van der Waals surface area contributed by atoms with Crippen molar-refractivity contribution >= 4 is 5.97 Å². The lowest BCUT2D eigenvalue weighted by atomic mass is 9.33. The fourth-order valence-electron chi connectivity index (χ4n) is 13.5. The number of ether oxygens (including phenoxy) is 4. The predicted molar refractivity (Wildman–Crippen MR) is 196 cm³/mol. The summed E-state index contributed by atoms with van der Waals surface area (Å²) in [6, 6.07) is 0. The Morgan fingerprint density at radius 2 is 1.45 bits per heavy atom. The van der Waals surface area contributed by atoms with Crippen LogP contribution in [0.1, 0.15) is 92.9 Å². The summed E-state index contributed by atoms with van der Waals surface area (Å²) < 4.78 is 22.9. The second kappa shape index (κ2) is 14.4. The summed E-state index contributed by atoms with van der Waals surface area (Å²) in [5, 5.41) is 108. The molecule has 0 aromatic heterocycles. The van der Waals surface area contributed by atoms with Crippen molar-refractivity contribution in [2.24, 2.45) is 50.2 Å².